The molecule has 94 valence electrons. The molecule has 2 rings (SSSR count). The van der Waals surface area contributed by atoms with Crippen LogP contribution in [0.1, 0.15) is 31.4 Å². The van der Waals surface area contributed by atoms with Crippen molar-refractivity contribution >= 4 is 5.82 Å². The first-order valence-electron chi connectivity index (χ1n) is 6.20. The van der Waals surface area contributed by atoms with Crippen molar-refractivity contribution in [2.75, 3.05) is 25.1 Å². The molecule has 1 aliphatic heterocycles. The monoisotopic (exact) mass is 235 g/mol. The molecule has 1 aromatic rings. The lowest BCUT2D eigenvalue weighted by molar-refractivity contribution is 0.0891. The number of ether oxygens (including phenoxy) is 1. The van der Waals surface area contributed by atoms with Gasteiger partial charge in [-0.25, -0.2) is 4.98 Å². The second-order valence-electron chi connectivity index (χ2n) is 4.68. The fourth-order valence-electron chi connectivity index (χ4n) is 2.19. The van der Waals surface area contributed by atoms with Gasteiger partial charge in [-0.05, 0) is 31.4 Å². The zero-order valence-electron chi connectivity index (χ0n) is 10.6. The van der Waals surface area contributed by atoms with Crippen molar-refractivity contribution in [1.29, 1.82) is 0 Å². The molecular formula is C13H21N3O. The highest BCUT2D eigenvalue weighted by molar-refractivity contribution is 5.40. The Morgan fingerprint density at radius 1 is 1.53 bits per heavy atom. The summed E-state index contributed by atoms with van der Waals surface area (Å²) in [5, 5.41) is 0. The third-order valence-corrected chi connectivity index (χ3v) is 3.33. The van der Waals surface area contributed by atoms with Crippen molar-refractivity contribution < 1.29 is 4.74 Å². The van der Waals surface area contributed by atoms with Gasteiger partial charge in [0.05, 0.1) is 6.10 Å². The smallest absolute Gasteiger partial charge is 0.128 e. The maximum atomic E-state index is 5.81. The molecule has 2 atom stereocenters. The summed E-state index contributed by atoms with van der Waals surface area (Å²) in [4.78, 5) is 6.76. The van der Waals surface area contributed by atoms with Crippen molar-refractivity contribution in [2.24, 2.45) is 5.73 Å². The number of anilines is 1. The number of piperidine rings is 1. The molecule has 1 saturated heterocycles. The molecule has 0 saturated carbocycles. The highest BCUT2D eigenvalue weighted by atomic mass is 16.5. The van der Waals surface area contributed by atoms with Crippen LogP contribution in [0.3, 0.4) is 0 Å². The molecule has 2 N–H and O–H groups in total. The van der Waals surface area contributed by atoms with Crippen LogP contribution in [0, 0.1) is 0 Å². The normalized spacial score (nSPS) is 22.5. The highest BCUT2D eigenvalue weighted by Gasteiger charge is 2.20. The van der Waals surface area contributed by atoms with Gasteiger partial charge in [-0.15, -0.1) is 0 Å². The molecule has 2 heterocycles. The van der Waals surface area contributed by atoms with E-state index in [0.717, 1.165) is 37.3 Å². The third kappa shape index (κ3) is 2.96. The topological polar surface area (TPSA) is 51.4 Å². The van der Waals surface area contributed by atoms with E-state index in [9.17, 15) is 0 Å². The second kappa shape index (κ2) is 5.47. The van der Waals surface area contributed by atoms with E-state index < -0.39 is 0 Å². The van der Waals surface area contributed by atoms with E-state index in [4.69, 9.17) is 10.5 Å². The van der Waals surface area contributed by atoms with Crippen molar-refractivity contribution in [2.45, 2.75) is 31.9 Å². The van der Waals surface area contributed by atoms with E-state index in [0.29, 0.717) is 6.10 Å². The fourth-order valence-corrected chi connectivity index (χ4v) is 2.19. The molecule has 4 heteroatoms. The zero-order valence-corrected chi connectivity index (χ0v) is 10.6. The molecule has 1 aliphatic rings. The number of nitrogens with two attached hydrogens (primary N) is 1. The number of aromatic nitrogens is 1. The standard InChI is InChI=1S/C13H21N3O/c1-10(14)11-5-6-13(15-8-11)16-7-3-4-12(9-16)17-2/h5-6,8,10,12H,3-4,7,9,14H2,1-2H3/t10-,12?/m0/s1. The van der Waals surface area contributed by atoms with Crippen molar-refractivity contribution in [3.63, 3.8) is 0 Å². The summed E-state index contributed by atoms with van der Waals surface area (Å²) in [6, 6.07) is 4.16. The van der Waals surface area contributed by atoms with Crippen LogP contribution in [0.25, 0.3) is 0 Å². The lowest BCUT2D eigenvalue weighted by Gasteiger charge is -2.32. The Morgan fingerprint density at radius 3 is 2.94 bits per heavy atom. The van der Waals surface area contributed by atoms with E-state index in [1.807, 2.05) is 13.1 Å². The maximum absolute atomic E-state index is 5.81. The summed E-state index contributed by atoms with van der Waals surface area (Å²) in [6.07, 6.45) is 4.51. The van der Waals surface area contributed by atoms with Crippen LogP contribution in [0.2, 0.25) is 0 Å². The van der Waals surface area contributed by atoms with Gasteiger partial charge in [0.15, 0.2) is 0 Å². The second-order valence-corrected chi connectivity index (χ2v) is 4.68. The lowest BCUT2D eigenvalue weighted by atomic mass is 10.1. The zero-order chi connectivity index (χ0) is 12.3. The van der Waals surface area contributed by atoms with Gasteiger partial charge in [-0.3, -0.25) is 0 Å². The molecule has 0 amide bonds. The minimum absolute atomic E-state index is 0.0460. The Bertz CT molecular complexity index is 350. The summed E-state index contributed by atoms with van der Waals surface area (Å²) < 4.78 is 5.42. The first-order chi connectivity index (χ1) is 8.20. The molecule has 1 unspecified atom stereocenters. The van der Waals surface area contributed by atoms with Crippen molar-refractivity contribution in [1.82, 2.24) is 4.98 Å². The van der Waals surface area contributed by atoms with Crippen molar-refractivity contribution in [3.8, 4) is 0 Å². The largest absolute Gasteiger partial charge is 0.380 e. The van der Waals surface area contributed by atoms with Gasteiger partial charge in [0, 0.05) is 32.4 Å². The lowest BCUT2D eigenvalue weighted by Crippen LogP contribution is -2.39. The number of nitrogens with zero attached hydrogens (tertiary/aromatic N) is 2. The van der Waals surface area contributed by atoms with Crippen LogP contribution in [-0.2, 0) is 4.74 Å². The van der Waals surface area contributed by atoms with Gasteiger partial charge < -0.3 is 15.4 Å². The molecular weight excluding hydrogens is 214 g/mol. The summed E-state index contributed by atoms with van der Waals surface area (Å²) in [5.41, 5.74) is 6.89. The molecule has 0 aromatic carbocycles. The Labute approximate surface area is 103 Å². The molecule has 17 heavy (non-hydrogen) atoms. The molecule has 0 radical (unpaired) electrons. The third-order valence-electron chi connectivity index (χ3n) is 3.33. The molecule has 4 nitrogen and oxygen atoms in total. The van der Waals surface area contributed by atoms with Gasteiger partial charge in [0.2, 0.25) is 0 Å². The molecule has 0 bridgehead atoms. The van der Waals surface area contributed by atoms with Crippen LogP contribution in [-0.4, -0.2) is 31.3 Å². The predicted octanol–water partition coefficient (Wildman–Crippen LogP) is 1.72. The van der Waals surface area contributed by atoms with Gasteiger partial charge in [-0.2, -0.15) is 0 Å². The molecule has 1 aromatic heterocycles. The average molecular weight is 235 g/mol. The number of rotatable bonds is 3. The minimum atomic E-state index is 0.0460. The van der Waals surface area contributed by atoms with E-state index in [-0.39, 0.29) is 6.04 Å². The van der Waals surface area contributed by atoms with Crippen molar-refractivity contribution in [3.05, 3.63) is 23.9 Å². The van der Waals surface area contributed by atoms with Gasteiger partial charge in [-0.1, -0.05) is 6.07 Å². The molecule has 0 spiro atoms. The highest BCUT2D eigenvalue weighted by Crippen LogP contribution is 2.20. The van der Waals surface area contributed by atoms with Crippen LogP contribution in [0.4, 0.5) is 5.82 Å². The van der Waals surface area contributed by atoms with Crippen LogP contribution < -0.4 is 10.6 Å². The summed E-state index contributed by atoms with van der Waals surface area (Å²) in [6.45, 7) is 3.96. The Morgan fingerprint density at radius 2 is 2.35 bits per heavy atom. The van der Waals surface area contributed by atoms with E-state index >= 15 is 0 Å². The number of methoxy groups -OCH3 is 1. The maximum Gasteiger partial charge on any atom is 0.128 e. The van der Waals surface area contributed by atoms with E-state index in [1.165, 1.54) is 0 Å². The number of hydrogen-bond acceptors (Lipinski definition) is 4. The first-order valence-corrected chi connectivity index (χ1v) is 6.20. The van der Waals surface area contributed by atoms with Crippen LogP contribution in [0.15, 0.2) is 18.3 Å². The summed E-state index contributed by atoms with van der Waals surface area (Å²) >= 11 is 0. The first kappa shape index (κ1) is 12.3. The van der Waals surface area contributed by atoms with Crippen LogP contribution >= 0.6 is 0 Å². The van der Waals surface area contributed by atoms with Gasteiger partial charge >= 0.3 is 0 Å². The van der Waals surface area contributed by atoms with Crippen LogP contribution in [0.5, 0.6) is 0 Å². The Hall–Kier alpha value is -1.13. The average Bonchev–Trinajstić information content (AvgIpc) is 2.39. The van der Waals surface area contributed by atoms with E-state index in [1.54, 1.807) is 7.11 Å². The Kier molecular flexibility index (Phi) is 3.97. The fraction of sp³-hybridized carbons (Fsp3) is 0.615. The number of pyridine rings is 1. The summed E-state index contributed by atoms with van der Waals surface area (Å²) in [5.74, 6) is 1.02. The molecule has 0 aliphatic carbocycles. The van der Waals surface area contributed by atoms with Gasteiger partial charge in [0.1, 0.15) is 5.82 Å². The molecule has 1 fully saturated rings. The number of hydrogen-bond donors (Lipinski definition) is 1. The van der Waals surface area contributed by atoms with E-state index in [2.05, 4.69) is 22.0 Å². The predicted molar refractivity (Wildman–Crippen MR) is 69.1 cm³/mol. The quantitative estimate of drug-likeness (QED) is 0.866. The minimum Gasteiger partial charge on any atom is -0.380 e. The Balaban J connectivity index is 2.06. The van der Waals surface area contributed by atoms with Gasteiger partial charge in [0.25, 0.3) is 0 Å². The SMILES string of the molecule is COC1CCCN(c2ccc([C@H](C)N)cn2)C1. The summed E-state index contributed by atoms with van der Waals surface area (Å²) in [7, 11) is 1.78.